The van der Waals surface area contributed by atoms with Crippen molar-refractivity contribution in [3.8, 4) is 0 Å². The largest absolute Gasteiger partial charge is 0.489 e. The normalized spacial score (nSPS) is 19.2. The van der Waals surface area contributed by atoms with Crippen molar-refractivity contribution in [3.05, 3.63) is 84.4 Å². The summed E-state index contributed by atoms with van der Waals surface area (Å²) in [7, 11) is 0. The van der Waals surface area contributed by atoms with Crippen LogP contribution >= 0.6 is 0 Å². The molecule has 0 saturated carbocycles. The zero-order chi connectivity index (χ0) is 21.0. The van der Waals surface area contributed by atoms with Crippen LogP contribution in [0.15, 0.2) is 78.8 Å². The Kier molecular flexibility index (Phi) is 5.74. The van der Waals surface area contributed by atoms with Crippen molar-refractivity contribution in [1.29, 1.82) is 0 Å². The van der Waals surface area contributed by atoms with Crippen LogP contribution in [0.3, 0.4) is 0 Å². The van der Waals surface area contributed by atoms with Crippen molar-refractivity contribution >= 4 is 16.6 Å². The van der Waals surface area contributed by atoms with E-state index in [1.807, 2.05) is 30.5 Å². The van der Waals surface area contributed by atoms with E-state index in [1.165, 1.54) is 5.56 Å². The lowest BCUT2D eigenvalue weighted by molar-refractivity contribution is 0.175. The van der Waals surface area contributed by atoms with E-state index < -0.39 is 0 Å². The molecule has 1 aromatic heterocycles. The molecule has 2 aliphatic heterocycles. The summed E-state index contributed by atoms with van der Waals surface area (Å²) < 4.78 is 7.98. The summed E-state index contributed by atoms with van der Waals surface area (Å²) in [5.74, 6) is 0.904. The first-order valence-electron chi connectivity index (χ1n) is 10.9. The van der Waals surface area contributed by atoms with Crippen molar-refractivity contribution in [2.45, 2.75) is 25.7 Å². The fourth-order valence-electron chi connectivity index (χ4n) is 4.20. The minimum absolute atomic E-state index is 0.173. The first-order valence-corrected chi connectivity index (χ1v) is 10.9. The molecule has 1 N–H and O–H groups in total. The number of aromatic nitrogens is 2. The number of fused-ring (bicyclic) bond motifs is 1. The van der Waals surface area contributed by atoms with Crippen molar-refractivity contribution in [2.24, 2.45) is 0 Å². The summed E-state index contributed by atoms with van der Waals surface area (Å²) in [5, 5.41) is 15.4. The van der Waals surface area contributed by atoms with E-state index >= 15 is 0 Å². The maximum absolute atomic E-state index is 9.70. The molecule has 5 rings (SSSR count). The van der Waals surface area contributed by atoms with Crippen molar-refractivity contribution in [3.63, 3.8) is 0 Å². The molecule has 0 spiro atoms. The van der Waals surface area contributed by atoms with Crippen molar-refractivity contribution < 1.29 is 9.84 Å². The highest BCUT2D eigenvalue weighted by atomic mass is 16.5. The fourth-order valence-corrected chi connectivity index (χ4v) is 4.20. The van der Waals surface area contributed by atoms with Gasteiger partial charge in [-0.3, -0.25) is 9.58 Å². The second kappa shape index (κ2) is 8.96. The number of anilines is 1. The van der Waals surface area contributed by atoms with Crippen molar-refractivity contribution in [2.75, 3.05) is 31.1 Å². The Morgan fingerprint density at radius 2 is 2.00 bits per heavy atom. The maximum Gasteiger partial charge on any atom is 0.119 e. The molecule has 0 unspecified atom stereocenters. The summed E-state index contributed by atoms with van der Waals surface area (Å²) in [6, 6.07) is 16.7. The Bertz CT molecular complexity index is 1090. The number of likely N-dealkylation sites (tertiary alicyclic amines) is 1. The van der Waals surface area contributed by atoms with Gasteiger partial charge in [-0.2, -0.15) is 5.10 Å². The molecule has 160 valence electrons. The molecular weight excluding hydrogens is 388 g/mol. The number of nitrogens with zero attached hydrogens (tertiary/aromatic N) is 4. The second-order valence-electron chi connectivity index (χ2n) is 8.20. The Labute approximate surface area is 182 Å². The summed E-state index contributed by atoms with van der Waals surface area (Å²) in [5.41, 5.74) is 3.46. The van der Waals surface area contributed by atoms with E-state index in [4.69, 9.17) is 4.74 Å². The zero-order valence-electron chi connectivity index (χ0n) is 17.6. The molecule has 0 bridgehead atoms. The smallest absolute Gasteiger partial charge is 0.119 e. The minimum Gasteiger partial charge on any atom is -0.489 e. The lowest BCUT2D eigenvalue weighted by Gasteiger charge is -2.23. The zero-order valence-corrected chi connectivity index (χ0v) is 17.6. The van der Waals surface area contributed by atoms with Gasteiger partial charge in [0.05, 0.1) is 24.4 Å². The molecule has 1 saturated heterocycles. The van der Waals surface area contributed by atoms with Gasteiger partial charge in [-0.25, -0.2) is 0 Å². The van der Waals surface area contributed by atoms with Crippen LogP contribution in [-0.4, -0.2) is 52.1 Å². The SMILES string of the molecule is O[C@@H]1CCN(CCn2ncc3cc(N4C=CC(OCc5ccccc5)=CC4)ccc32)C1. The Morgan fingerprint density at radius 1 is 1.10 bits per heavy atom. The van der Waals surface area contributed by atoms with Gasteiger partial charge in [-0.15, -0.1) is 0 Å². The number of rotatable bonds is 7. The summed E-state index contributed by atoms with van der Waals surface area (Å²) in [6.07, 6.45) is 8.85. The number of aliphatic hydroxyl groups excluding tert-OH is 1. The van der Waals surface area contributed by atoms with Crippen LogP contribution in [0.2, 0.25) is 0 Å². The summed E-state index contributed by atoms with van der Waals surface area (Å²) >= 11 is 0. The van der Waals surface area contributed by atoms with Gasteiger partial charge in [0.15, 0.2) is 0 Å². The highest BCUT2D eigenvalue weighted by Gasteiger charge is 2.20. The van der Waals surface area contributed by atoms with E-state index in [2.05, 4.69) is 62.2 Å². The van der Waals surface area contributed by atoms with Gasteiger partial charge < -0.3 is 14.7 Å². The van der Waals surface area contributed by atoms with Crippen LogP contribution in [-0.2, 0) is 17.9 Å². The molecule has 2 aliphatic rings. The van der Waals surface area contributed by atoms with E-state index in [9.17, 15) is 5.11 Å². The monoisotopic (exact) mass is 416 g/mol. The highest BCUT2D eigenvalue weighted by molar-refractivity contribution is 5.83. The Hall–Kier alpha value is -3.09. The first kappa shape index (κ1) is 19.8. The second-order valence-corrected chi connectivity index (χ2v) is 8.20. The predicted octanol–water partition coefficient (Wildman–Crippen LogP) is 3.54. The molecule has 3 aromatic rings. The molecular formula is C25H28N4O2. The van der Waals surface area contributed by atoms with Gasteiger partial charge in [0.2, 0.25) is 0 Å². The lowest BCUT2D eigenvalue weighted by Crippen LogP contribution is -2.26. The van der Waals surface area contributed by atoms with E-state index in [1.54, 1.807) is 0 Å². The Balaban J connectivity index is 1.19. The number of benzene rings is 2. The number of hydrogen-bond donors (Lipinski definition) is 1. The summed E-state index contributed by atoms with van der Waals surface area (Å²) in [6.45, 7) is 4.85. The molecule has 3 heterocycles. The molecule has 0 amide bonds. The quantitative estimate of drug-likeness (QED) is 0.639. The lowest BCUT2D eigenvalue weighted by atomic mass is 10.2. The standard InChI is InChI=1S/C25H28N4O2/c30-23-8-11-27(18-23)14-15-29-25-7-6-22(16-21(25)17-26-29)28-12-9-24(10-13-28)31-19-20-4-2-1-3-5-20/h1-7,9-10,12,16-17,23,30H,8,11,13-15,18-19H2/t23-/m1/s1. The van der Waals surface area contributed by atoms with Crippen LogP contribution in [0.5, 0.6) is 0 Å². The molecule has 1 fully saturated rings. The number of ether oxygens (including phenoxy) is 1. The predicted molar refractivity (Wildman–Crippen MR) is 123 cm³/mol. The third-order valence-electron chi connectivity index (χ3n) is 5.99. The highest BCUT2D eigenvalue weighted by Crippen LogP contribution is 2.25. The number of aliphatic hydroxyl groups is 1. The first-order chi connectivity index (χ1) is 15.2. The average Bonchev–Trinajstić information content (AvgIpc) is 3.42. The van der Waals surface area contributed by atoms with Gasteiger partial charge in [-0.1, -0.05) is 30.3 Å². The van der Waals surface area contributed by atoms with Gasteiger partial charge in [-0.05, 0) is 42.3 Å². The maximum atomic E-state index is 9.70. The van der Waals surface area contributed by atoms with Gasteiger partial charge in [0.25, 0.3) is 0 Å². The topological polar surface area (TPSA) is 53.8 Å². The minimum atomic E-state index is -0.173. The van der Waals surface area contributed by atoms with Crippen LogP contribution < -0.4 is 4.90 Å². The molecule has 1 atom stereocenters. The number of hydrogen-bond acceptors (Lipinski definition) is 5. The van der Waals surface area contributed by atoms with Crippen LogP contribution in [0, 0.1) is 0 Å². The van der Waals surface area contributed by atoms with Crippen LogP contribution in [0.1, 0.15) is 12.0 Å². The van der Waals surface area contributed by atoms with E-state index in [0.29, 0.717) is 6.61 Å². The van der Waals surface area contributed by atoms with Crippen LogP contribution in [0.4, 0.5) is 5.69 Å². The van der Waals surface area contributed by atoms with Gasteiger partial charge in [0, 0.05) is 43.5 Å². The van der Waals surface area contributed by atoms with Gasteiger partial charge >= 0.3 is 0 Å². The molecule has 6 heteroatoms. The number of allylic oxidation sites excluding steroid dienone is 1. The van der Waals surface area contributed by atoms with Gasteiger partial charge in [0.1, 0.15) is 12.4 Å². The molecule has 2 aromatic carbocycles. The molecule has 6 nitrogen and oxygen atoms in total. The van der Waals surface area contributed by atoms with E-state index in [-0.39, 0.29) is 6.10 Å². The van der Waals surface area contributed by atoms with Crippen LogP contribution in [0.25, 0.3) is 10.9 Å². The van der Waals surface area contributed by atoms with E-state index in [0.717, 1.165) is 61.5 Å². The molecule has 0 aliphatic carbocycles. The third kappa shape index (κ3) is 4.65. The average molecular weight is 417 g/mol. The third-order valence-corrected chi connectivity index (χ3v) is 5.99. The Morgan fingerprint density at radius 3 is 2.77 bits per heavy atom. The molecule has 31 heavy (non-hydrogen) atoms. The summed E-state index contributed by atoms with van der Waals surface area (Å²) in [4.78, 5) is 4.51. The molecule has 0 radical (unpaired) electrons. The van der Waals surface area contributed by atoms with Crippen molar-refractivity contribution in [1.82, 2.24) is 14.7 Å². The number of β-amino-alcohol motifs (C(OH)–C–C–N with tert-alkyl or cyclic N) is 1. The fraction of sp³-hybridized carbons (Fsp3) is 0.320.